The van der Waals surface area contributed by atoms with Gasteiger partial charge < -0.3 is 0 Å². The quantitative estimate of drug-likeness (QED) is 0.408. The standard InChI is InChI=1S/C15H11N4S/c1-18-14-12-9(3-2-5-17-12)8-19(14)13-10-4-6-16-7-11(10)20-15(13)18/h2-7H,8H2,1H3/q+1. The normalized spacial score (nSPS) is 13.1. The Bertz CT molecular complexity index is 996. The van der Waals surface area contributed by atoms with Crippen LogP contribution in [0.25, 0.3) is 32.0 Å². The van der Waals surface area contributed by atoms with Crippen molar-refractivity contribution in [2.75, 3.05) is 0 Å². The van der Waals surface area contributed by atoms with Gasteiger partial charge in [-0.3, -0.25) is 4.98 Å². The highest BCUT2D eigenvalue weighted by Crippen LogP contribution is 2.38. The van der Waals surface area contributed by atoms with Gasteiger partial charge in [0.15, 0.2) is 11.2 Å². The number of fused-ring (bicyclic) bond motifs is 7. The second-order valence-electron chi connectivity index (χ2n) is 5.11. The molecule has 0 unspecified atom stereocenters. The van der Waals surface area contributed by atoms with Crippen molar-refractivity contribution in [1.29, 1.82) is 0 Å². The fourth-order valence-electron chi connectivity index (χ4n) is 3.17. The molecular weight excluding hydrogens is 268 g/mol. The molecule has 1 aliphatic rings. The molecule has 0 bridgehead atoms. The third-order valence-corrected chi connectivity index (χ3v) is 5.23. The zero-order chi connectivity index (χ0) is 13.3. The first-order valence-corrected chi connectivity index (χ1v) is 7.35. The van der Waals surface area contributed by atoms with Gasteiger partial charge in [0.2, 0.25) is 4.83 Å². The van der Waals surface area contributed by atoms with Crippen molar-refractivity contribution >= 4 is 31.8 Å². The lowest BCUT2D eigenvalue weighted by molar-refractivity contribution is -0.631. The average molecular weight is 279 g/mol. The molecular formula is C15H11N4S+. The van der Waals surface area contributed by atoms with E-state index in [0.717, 1.165) is 12.2 Å². The minimum atomic E-state index is 0.907. The van der Waals surface area contributed by atoms with Gasteiger partial charge in [0.25, 0.3) is 0 Å². The van der Waals surface area contributed by atoms with E-state index in [-0.39, 0.29) is 0 Å². The van der Waals surface area contributed by atoms with Gasteiger partial charge in [-0.05, 0) is 12.1 Å². The highest BCUT2D eigenvalue weighted by molar-refractivity contribution is 7.25. The maximum atomic E-state index is 4.57. The second-order valence-corrected chi connectivity index (χ2v) is 6.14. The molecule has 5 heteroatoms. The maximum Gasteiger partial charge on any atom is 0.309 e. The molecule has 0 saturated carbocycles. The minimum Gasteiger partial charge on any atom is -0.263 e. The third-order valence-electron chi connectivity index (χ3n) is 4.03. The van der Waals surface area contributed by atoms with E-state index in [1.54, 1.807) is 11.3 Å². The summed E-state index contributed by atoms with van der Waals surface area (Å²) in [7, 11) is 2.13. The number of thiophene rings is 1. The number of hydrogen-bond donors (Lipinski definition) is 0. The predicted octanol–water partition coefficient (Wildman–Crippen LogP) is 2.50. The van der Waals surface area contributed by atoms with Crippen LogP contribution in [0.15, 0.2) is 36.8 Å². The van der Waals surface area contributed by atoms with Gasteiger partial charge in [-0.25, -0.2) is 14.1 Å². The van der Waals surface area contributed by atoms with Crippen LogP contribution in [-0.4, -0.2) is 14.5 Å². The number of rotatable bonds is 0. The van der Waals surface area contributed by atoms with Gasteiger partial charge >= 0.3 is 5.82 Å². The van der Waals surface area contributed by atoms with Gasteiger partial charge in [0.05, 0.1) is 11.7 Å². The zero-order valence-electron chi connectivity index (χ0n) is 10.9. The Hall–Kier alpha value is -2.27. The molecule has 4 aromatic heterocycles. The molecule has 5 heterocycles. The summed E-state index contributed by atoms with van der Waals surface area (Å²) in [6.07, 6.45) is 5.69. The van der Waals surface area contributed by atoms with Crippen LogP contribution in [0.2, 0.25) is 0 Å². The van der Waals surface area contributed by atoms with E-state index in [9.17, 15) is 0 Å². The molecule has 0 radical (unpaired) electrons. The Labute approximate surface area is 119 Å². The van der Waals surface area contributed by atoms with Crippen molar-refractivity contribution < 1.29 is 4.57 Å². The van der Waals surface area contributed by atoms with E-state index in [1.165, 1.54) is 31.8 Å². The number of pyridine rings is 2. The first kappa shape index (κ1) is 10.5. The Morgan fingerprint density at radius 1 is 1.30 bits per heavy atom. The predicted molar refractivity (Wildman–Crippen MR) is 78.6 cm³/mol. The first-order valence-electron chi connectivity index (χ1n) is 6.53. The fraction of sp³-hybridized carbons (Fsp3) is 0.133. The lowest BCUT2D eigenvalue weighted by Gasteiger charge is -1.93. The van der Waals surface area contributed by atoms with Gasteiger partial charge in [-0.2, -0.15) is 0 Å². The summed E-state index contributed by atoms with van der Waals surface area (Å²) in [6.45, 7) is 0.907. The molecule has 4 aromatic rings. The molecule has 0 fully saturated rings. The third kappa shape index (κ3) is 1.10. The van der Waals surface area contributed by atoms with E-state index >= 15 is 0 Å². The van der Waals surface area contributed by atoms with E-state index in [1.807, 2.05) is 24.7 Å². The summed E-state index contributed by atoms with van der Waals surface area (Å²) in [4.78, 5) is 10.1. The average Bonchev–Trinajstić information content (AvgIpc) is 3.10. The molecule has 0 N–H and O–H groups in total. The monoisotopic (exact) mass is 279 g/mol. The number of aromatic nitrogens is 4. The van der Waals surface area contributed by atoms with Crippen molar-refractivity contribution in [1.82, 2.24) is 14.5 Å². The largest absolute Gasteiger partial charge is 0.309 e. The molecule has 0 saturated heterocycles. The van der Waals surface area contributed by atoms with Crippen molar-refractivity contribution in [3.8, 4) is 11.5 Å². The van der Waals surface area contributed by atoms with Crippen LogP contribution < -0.4 is 4.57 Å². The number of imidazole rings is 1. The van der Waals surface area contributed by atoms with Crippen molar-refractivity contribution in [2.24, 2.45) is 7.05 Å². The Morgan fingerprint density at radius 3 is 3.20 bits per heavy atom. The highest BCUT2D eigenvalue weighted by Gasteiger charge is 2.35. The lowest BCUT2D eigenvalue weighted by Crippen LogP contribution is -2.28. The van der Waals surface area contributed by atoms with Gasteiger partial charge in [0.1, 0.15) is 6.54 Å². The Morgan fingerprint density at radius 2 is 2.25 bits per heavy atom. The lowest BCUT2D eigenvalue weighted by atomic mass is 10.2. The first-order chi connectivity index (χ1) is 9.84. The molecule has 0 aromatic carbocycles. The zero-order valence-corrected chi connectivity index (χ0v) is 11.7. The SMILES string of the molecule is C[n+]1c2n(c3c4ccncc4sc31)Cc1cccnc1-2. The van der Waals surface area contributed by atoms with E-state index in [2.05, 4.69) is 38.3 Å². The molecule has 0 aliphatic carbocycles. The molecule has 96 valence electrons. The fourth-order valence-corrected chi connectivity index (χ4v) is 4.31. The number of hydrogen-bond acceptors (Lipinski definition) is 3. The Kier molecular flexibility index (Phi) is 1.80. The van der Waals surface area contributed by atoms with Crippen LogP contribution in [0.4, 0.5) is 0 Å². The summed E-state index contributed by atoms with van der Waals surface area (Å²) in [5.41, 5.74) is 3.72. The van der Waals surface area contributed by atoms with Gasteiger partial charge in [0, 0.05) is 29.5 Å². The molecule has 4 nitrogen and oxygen atoms in total. The molecule has 0 amide bonds. The van der Waals surface area contributed by atoms with Crippen LogP contribution in [0.1, 0.15) is 5.56 Å². The van der Waals surface area contributed by atoms with Crippen LogP contribution in [0.3, 0.4) is 0 Å². The van der Waals surface area contributed by atoms with Gasteiger partial charge in [-0.15, -0.1) is 0 Å². The smallest absolute Gasteiger partial charge is 0.263 e. The van der Waals surface area contributed by atoms with Crippen LogP contribution in [-0.2, 0) is 13.6 Å². The van der Waals surface area contributed by atoms with Crippen molar-refractivity contribution in [3.05, 3.63) is 42.4 Å². The minimum absolute atomic E-state index is 0.907. The van der Waals surface area contributed by atoms with Crippen LogP contribution in [0.5, 0.6) is 0 Å². The van der Waals surface area contributed by atoms with E-state index < -0.39 is 0 Å². The molecule has 0 atom stereocenters. The van der Waals surface area contributed by atoms with Crippen molar-refractivity contribution in [2.45, 2.75) is 6.54 Å². The number of nitrogens with zero attached hydrogens (tertiary/aromatic N) is 4. The van der Waals surface area contributed by atoms with Gasteiger partial charge in [-0.1, -0.05) is 17.4 Å². The summed E-state index contributed by atoms with van der Waals surface area (Å²) >= 11 is 1.80. The summed E-state index contributed by atoms with van der Waals surface area (Å²) in [6, 6.07) is 6.28. The van der Waals surface area contributed by atoms with Crippen molar-refractivity contribution in [3.63, 3.8) is 0 Å². The van der Waals surface area contributed by atoms with Crippen LogP contribution in [0, 0.1) is 0 Å². The molecule has 0 spiro atoms. The second kappa shape index (κ2) is 3.43. The summed E-state index contributed by atoms with van der Waals surface area (Å²) in [5, 5.41) is 1.29. The topological polar surface area (TPSA) is 34.6 Å². The van der Waals surface area contributed by atoms with E-state index in [4.69, 9.17) is 0 Å². The van der Waals surface area contributed by atoms with Crippen LogP contribution >= 0.6 is 11.3 Å². The number of aryl methyl sites for hydroxylation is 1. The Balaban J connectivity index is 1.99. The molecule has 20 heavy (non-hydrogen) atoms. The summed E-state index contributed by atoms with van der Waals surface area (Å²) in [5.74, 6) is 1.21. The molecule has 1 aliphatic heterocycles. The highest BCUT2D eigenvalue weighted by atomic mass is 32.1. The van der Waals surface area contributed by atoms with E-state index in [0.29, 0.717) is 0 Å². The maximum absolute atomic E-state index is 4.57. The molecule has 5 rings (SSSR count). The summed E-state index contributed by atoms with van der Waals surface area (Å²) < 4.78 is 5.89.